The lowest BCUT2D eigenvalue weighted by Crippen LogP contribution is -2.32. The summed E-state index contributed by atoms with van der Waals surface area (Å²) in [6.07, 6.45) is 5.84. The second kappa shape index (κ2) is 8.54. The van der Waals surface area contributed by atoms with Crippen LogP contribution in [0.4, 0.5) is 0 Å². The van der Waals surface area contributed by atoms with Crippen LogP contribution in [0, 0.1) is 0 Å². The van der Waals surface area contributed by atoms with Crippen molar-refractivity contribution in [1.29, 1.82) is 0 Å². The van der Waals surface area contributed by atoms with E-state index < -0.39 is 0 Å². The van der Waals surface area contributed by atoms with Crippen molar-refractivity contribution in [2.45, 2.75) is 38.6 Å². The number of rotatable bonds is 8. The van der Waals surface area contributed by atoms with Gasteiger partial charge in [-0.1, -0.05) is 6.42 Å². The first kappa shape index (κ1) is 18.0. The van der Waals surface area contributed by atoms with Gasteiger partial charge in [0.05, 0.1) is 25.3 Å². The Morgan fingerprint density at radius 3 is 2.44 bits per heavy atom. The number of ether oxygens (including phenoxy) is 2. The first-order valence-electron chi connectivity index (χ1n) is 9.30. The van der Waals surface area contributed by atoms with Crippen LogP contribution in [0.3, 0.4) is 0 Å². The molecule has 0 unspecified atom stereocenters. The summed E-state index contributed by atoms with van der Waals surface area (Å²) >= 11 is 0. The van der Waals surface area contributed by atoms with Gasteiger partial charge in [-0.05, 0) is 38.9 Å². The molecule has 2 N–H and O–H groups in total. The van der Waals surface area contributed by atoms with E-state index in [1.807, 2.05) is 12.1 Å². The first-order chi connectivity index (χ1) is 12.3. The fourth-order valence-electron chi connectivity index (χ4n) is 3.63. The molecule has 2 heterocycles. The van der Waals surface area contributed by atoms with Gasteiger partial charge >= 0.3 is 0 Å². The highest BCUT2D eigenvalue weighted by atomic mass is 16.5. The molecule has 1 aliphatic heterocycles. The highest BCUT2D eigenvalue weighted by Gasteiger charge is 2.16. The number of fused-ring (bicyclic) bond motifs is 1. The third-order valence-electron chi connectivity index (χ3n) is 5.03. The molecule has 138 valence electrons. The number of nitrogens with zero attached hydrogens (tertiary/aromatic N) is 3. The second-order valence-electron chi connectivity index (χ2n) is 6.67. The molecule has 6 nitrogen and oxygen atoms in total. The van der Waals surface area contributed by atoms with Crippen LogP contribution in [0.25, 0.3) is 11.0 Å². The van der Waals surface area contributed by atoms with Gasteiger partial charge in [-0.2, -0.15) is 0 Å². The van der Waals surface area contributed by atoms with Crippen LogP contribution < -0.4 is 15.2 Å². The van der Waals surface area contributed by atoms with Gasteiger partial charge < -0.3 is 24.7 Å². The monoisotopic (exact) mass is 346 g/mol. The molecule has 1 aromatic carbocycles. The Labute approximate surface area is 149 Å². The van der Waals surface area contributed by atoms with Gasteiger partial charge in [0.25, 0.3) is 0 Å². The highest BCUT2D eigenvalue weighted by molar-refractivity contribution is 5.80. The summed E-state index contributed by atoms with van der Waals surface area (Å²) in [4.78, 5) is 7.41. The zero-order valence-electron chi connectivity index (χ0n) is 15.5. The number of imidazole rings is 1. The van der Waals surface area contributed by atoms with Crippen LogP contribution in [-0.2, 0) is 13.0 Å². The maximum atomic E-state index is 5.72. The van der Waals surface area contributed by atoms with Crippen molar-refractivity contribution in [3.63, 3.8) is 0 Å². The Morgan fingerprint density at radius 1 is 1.04 bits per heavy atom. The zero-order chi connectivity index (χ0) is 17.6. The van der Waals surface area contributed by atoms with Crippen molar-refractivity contribution in [3.05, 3.63) is 18.0 Å². The molecule has 1 aromatic heterocycles. The number of methoxy groups -OCH3 is 2. The Morgan fingerprint density at radius 2 is 1.76 bits per heavy atom. The summed E-state index contributed by atoms with van der Waals surface area (Å²) in [6.45, 7) is 5.12. The van der Waals surface area contributed by atoms with E-state index in [4.69, 9.17) is 20.2 Å². The number of likely N-dealkylation sites (tertiary alicyclic amines) is 1. The standard InChI is InChI=1S/C19H30N4O2/c1-24-17-13-15-16(14-18(17)25-2)23(19(21-15)7-6-8-20)12-11-22-9-4-3-5-10-22/h13-14H,3-12,20H2,1-2H3. The summed E-state index contributed by atoms with van der Waals surface area (Å²) in [5, 5.41) is 0. The van der Waals surface area contributed by atoms with Crippen LogP contribution in [0.5, 0.6) is 11.5 Å². The van der Waals surface area contributed by atoms with Crippen molar-refractivity contribution < 1.29 is 9.47 Å². The smallest absolute Gasteiger partial charge is 0.163 e. The minimum atomic E-state index is 0.683. The van der Waals surface area contributed by atoms with Crippen LogP contribution >= 0.6 is 0 Å². The summed E-state index contributed by atoms with van der Waals surface area (Å²) in [5.41, 5.74) is 7.79. The van der Waals surface area contributed by atoms with E-state index in [-0.39, 0.29) is 0 Å². The second-order valence-corrected chi connectivity index (χ2v) is 6.67. The van der Waals surface area contributed by atoms with Crippen LogP contribution in [0.15, 0.2) is 12.1 Å². The highest BCUT2D eigenvalue weighted by Crippen LogP contribution is 2.32. The molecule has 0 spiro atoms. The average Bonchev–Trinajstić information content (AvgIpc) is 3.00. The minimum Gasteiger partial charge on any atom is -0.493 e. The fourth-order valence-corrected chi connectivity index (χ4v) is 3.63. The van der Waals surface area contributed by atoms with Gasteiger partial charge in [-0.15, -0.1) is 0 Å². The van der Waals surface area contributed by atoms with Crippen LogP contribution in [0.2, 0.25) is 0 Å². The Balaban J connectivity index is 1.90. The molecule has 0 radical (unpaired) electrons. The maximum absolute atomic E-state index is 5.72. The van der Waals surface area contributed by atoms with Gasteiger partial charge in [0.2, 0.25) is 0 Å². The van der Waals surface area contributed by atoms with Gasteiger partial charge in [0, 0.05) is 31.6 Å². The predicted octanol–water partition coefficient (Wildman–Crippen LogP) is 2.43. The van der Waals surface area contributed by atoms with E-state index in [1.54, 1.807) is 14.2 Å². The molecule has 0 atom stereocenters. The molecule has 6 heteroatoms. The molecule has 3 rings (SSSR count). The van der Waals surface area contributed by atoms with Gasteiger partial charge in [-0.3, -0.25) is 0 Å². The molecule has 0 aliphatic carbocycles. The molecule has 0 amide bonds. The summed E-state index contributed by atoms with van der Waals surface area (Å²) in [5.74, 6) is 2.58. The van der Waals surface area contributed by atoms with E-state index in [0.717, 1.165) is 54.3 Å². The van der Waals surface area contributed by atoms with Gasteiger partial charge in [0.15, 0.2) is 11.5 Å². The summed E-state index contributed by atoms with van der Waals surface area (Å²) < 4.78 is 13.2. The topological polar surface area (TPSA) is 65.5 Å². The number of aryl methyl sites for hydroxylation is 1. The number of nitrogens with two attached hydrogens (primary N) is 1. The maximum Gasteiger partial charge on any atom is 0.163 e. The number of benzene rings is 1. The van der Waals surface area contributed by atoms with Crippen molar-refractivity contribution in [3.8, 4) is 11.5 Å². The normalized spacial score (nSPS) is 15.6. The van der Waals surface area contributed by atoms with E-state index in [1.165, 1.54) is 32.4 Å². The van der Waals surface area contributed by atoms with Gasteiger partial charge in [-0.25, -0.2) is 4.98 Å². The van der Waals surface area contributed by atoms with Crippen molar-refractivity contribution in [1.82, 2.24) is 14.5 Å². The minimum absolute atomic E-state index is 0.683. The lowest BCUT2D eigenvalue weighted by atomic mass is 10.1. The van der Waals surface area contributed by atoms with Crippen LogP contribution in [0.1, 0.15) is 31.5 Å². The molecular weight excluding hydrogens is 316 g/mol. The van der Waals surface area contributed by atoms with E-state index in [0.29, 0.717) is 6.54 Å². The molecule has 0 saturated carbocycles. The van der Waals surface area contributed by atoms with Crippen molar-refractivity contribution in [2.24, 2.45) is 5.73 Å². The quantitative estimate of drug-likeness (QED) is 0.795. The largest absolute Gasteiger partial charge is 0.493 e. The van der Waals surface area contributed by atoms with Gasteiger partial charge in [0.1, 0.15) is 5.82 Å². The fraction of sp³-hybridized carbons (Fsp3) is 0.632. The third-order valence-corrected chi connectivity index (χ3v) is 5.03. The molecule has 2 aromatic rings. The number of hydrogen-bond acceptors (Lipinski definition) is 5. The Kier molecular flexibility index (Phi) is 6.15. The van der Waals surface area contributed by atoms with E-state index in [9.17, 15) is 0 Å². The molecule has 0 bridgehead atoms. The zero-order valence-corrected chi connectivity index (χ0v) is 15.5. The third kappa shape index (κ3) is 4.07. The number of hydrogen-bond donors (Lipinski definition) is 1. The lowest BCUT2D eigenvalue weighted by molar-refractivity contribution is 0.221. The Hall–Kier alpha value is -1.79. The Bertz CT molecular complexity index is 692. The molecule has 1 aliphatic rings. The van der Waals surface area contributed by atoms with Crippen LogP contribution in [-0.4, -0.2) is 54.8 Å². The van der Waals surface area contributed by atoms with E-state index >= 15 is 0 Å². The first-order valence-corrected chi connectivity index (χ1v) is 9.30. The van der Waals surface area contributed by atoms with Crippen molar-refractivity contribution in [2.75, 3.05) is 40.4 Å². The molecule has 25 heavy (non-hydrogen) atoms. The van der Waals surface area contributed by atoms with Crippen molar-refractivity contribution >= 4 is 11.0 Å². The summed E-state index contributed by atoms with van der Waals surface area (Å²) in [7, 11) is 3.33. The molecule has 1 fully saturated rings. The summed E-state index contributed by atoms with van der Waals surface area (Å²) in [6, 6.07) is 4.01. The predicted molar refractivity (Wildman–Crippen MR) is 101 cm³/mol. The molecular formula is C19H30N4O2. The SMILES string of the molecule is COc1cc2nc(CCCN)n(CCN3CCCCC3)c2cc1OC. The lowest BCUT2D eigenvalue weighted by Gasteiger charge is -2.26. The average molecular weight is 346 g/mol. The number of aromatic nitrogens is 2. The number of piperidine rings is 1. The van der Waals surface area contributed by atoms with E-state index in [2.05, 4.69) is 9.47 Å². The molecule has 1 saturated heterocycles.